The van der Waals surface area contributed by atoms with Crippen LogP contribution in [-0.2, 0) is 11.2 Å². The minimum Gasteiger partial charge on any atom is -0.497 e. The Bertz CT molecular complexity index is 376. The van der Waals surface area contributed by atoms with E-state index in [1.165, 1.54) is 0 Å². The normalized spacial score (nSPS) is 13.2. The SMILES string of the molecule is COc1ccc(CC(Br)C(=O)C(C)(C)C)cc1. The number of methoxy groups -OCH3 is 1. The second-order valence-corrected chi connectivity index (χ2v) is 6.24. The van der Waals surface area contributed by atoms with E-state index in [2.05, 4.69) is 15.9 Å². The summed E-state index contributed by atoms with van der Waals surface area (Å²) in [5.41, 5.74) is 0.825. The molecule has 3 heteroatoms. The monoisotopic (exact) mass is 298 g/mol. The molecule has 0 spiro atoms. The van der Waals surface area contributed by atoms with Crippen LogP contribution in [0, 0.1) is 5.41 Å². The van der Waals surface area contributed by atoms with E-state index in [4.69, 9.17) is 4.74 Å². The van der Waals surface area contributed by atoms with E-state index in [9.17, 15) is 4.79 Å². The number of benzene rings is 1. The maximum absolute atomic E-state index is 12.0. The third kappa shape index (κ3) is 4.15. The van der Waals surface area contributed by atoms with Gasteiger partial charge in [0.2, 0.25) is 0 Å². The number of alkyl halides is 1. The quantitative estimate of drug-likeness (QED) is 0.794. The van der Waals surface area contributed by atoms with Gasteiger partial charge >= 0.3 is 0 Å². The molecule has 2 nitrogen and oxygen atoms in total. The van der Waals surface area contributed by atoms with Gasteiger partial charge in [-0.3, -0.25) is 4.79 Å². The van der Waals surface area contributed by atoms with Crippen molar-refractivity contribution in [3.05, 3.63) is 29.8 Å². The lowest BCUT2D eigenvalue weighted by molar-refractivity contribution is -0.125. The van der Waals surface area contributed by atoms with Crippen molar-refractivity contribution < 1.29 is 9.53 Å². The van der Waals surface area contributed by atoms with Crippen LogP contribution in [0.5, 0.6) is 5.75 Å². The molecule has 0 aliphatic rings. The lowest BCUT2D eigenvalue weighted by Crippen LogP contribution is -2.29. The molecule has 0 saturated carbocycles. The highest BCUT2D eigenvalue weighted by molar-refractivity contribution is 9.10. The molecular weight excluding hydrogens is 280 g/mol. The Labute approximate surface area is 111 Å². The molecule has 0 amide bonds. The van der Waals surface area contributed by atoms with Gasteiger partial charge in [0.05, 0.1) is 11.9 Å². The van der Waals surface area contributed by atoms with E-state index >= 15 is 0 Å². The van der Waals surface area contributed by atoms with Crippen LogP contribution in [0.1, 0.15) is 26.3 Å². The van der Waals surface area contributed by atoms with Crippen molar-refractivity contribution in [3.8, 4) is 5.75 Å². The molecule has 1 aromatic carbocycles. The topological polar surface area (TPSA) is 26.3 Å². The summed E-state index contributed by atoms with van der Waals surface area (Å²) in [6.45, 7) is 5.83. The summed E-state index contributed by atoms with van der Waals surface area (Å²) in [5.74, 6) is 1.07. The summed E-state index contributed by atoms with van der Waals surface area (Å²) in [4.78, 5) is 11.9. The second kappa shape index (κ2) is 5.67. The number of carbonyl (C=O) groups is 1. The fourth-order valence-corrected chi connectivity index (χ4v) is 2.59. The second-order valence-electron chi connectivity index (χ2n) is 5.13. The number of carbonyl (C=O) groups excluding carboxylic acids is 1. The van der Waals surface area contributed by atoms with Crippen LogP contribution in [0.3, 0.4) is 0 Å². The molecule has 1 aromatic rings. The molecule has 1 atom stereocenters. The van der Waals surface area contributed by atoms with Gasteiger partial charge in [-0.2, -0.15) is 0 Å². The number of hydrogen-bond donors (Lipinski definition) is 0. The van der Waals surface area contributed by atoms with Gasteiger partial charge in [-0.1, -0.05) is 48.8 Å². The molecule has 0 radical (unpaired) electrons. The van der Waals surface area contributed by atoms with Crippen LogP contribution in [0.15, 0.2) is 24.3 Å². The Morgan fingerprint density at radius 3 is 2.24 bits per heavy atom. The summed E-state index contributed by atoms with van der Waals surface area (Å²) < 4.78 is 5.10. The fourth-order valence-electron chi connectivity index (χ4n) is 1.53. The van der Waals surface area contributed by atoms with Crippen molar-refractivity contribution in [2.24, 2.45) is 5.41 Å². The van der Waals surface area contributed by atoms with Gasteiger partial charge in [0, 0.05) is 5.41 Å². The molecule has 0 bridgehead atoms. The third-order valence-corrected chi connectivity index (χ3v) is 3.34. The Morgan fingerprint density at radius 1 is 1.29 bits per heavy atom. The van der Waals surface area contributed by atoms with Crippen LogP contribution in [0.2, 0.25) is 0 Å². The van der Waals surface area contributed by atoms with Gasteiger partial charge in [-0.25, -0.2) is 0 Å². The molecule has 0 heterocycles. The Balaban J connectivity index is 2.68. The Kier molecular flexibility index (Phi) is 4.75. The average molecular weight is 299 g/mol. The minimum absolute atomic E-state index is 0.129. The molecule has 1 unspecified atom stereocenters. The van der Waals surface area contributed by atoms with Crippen molar-refractivity contribution in [1.82, 2.24) is 0 Å². The van der Waals surface area contributed by atoms with Gasteiger partial charge in [0.1, 0.15) is 5.75 Å². The number of hydrogen-bond acceptors (Lipinski definition) is 2. The lowest BCUT2D eigenvalue weighted by atomic mass is 9.87. The van der Waals surface area contributed by atoms with Gasteiger partial charge < -0.3 is 4.74 Å². The molecule has 1 rings (SSSR count). The van der Waals surface area contributed by atoms with E-state index < -0.39 is 0 Å². The van der Waals surface area contributed by atoms with Crippen molar-refractivity contribution in [1.29, 1.82) is 0 Å². The Morgan fingerprint density at radius 2 is 1.82 bits per heavy atom. The maximum Gasteiger partial charge on any atom is 0.152 e. The first kappa shape index (κ1) is 14.2. The van der Waals surface area contributed by atoms with Crippen LogP contribution in [-0.4, -0.2) is 17.7 Å². The van der Waals surface area contributed by atoms with Crippen molar-refractivity contribution >= 4 is 21.7 Å². The first-order chi connectivity index (χ1) is 7.84. The predicted octanol–water partition coefficient (Wildman–Crippen LogP) is 3.62. The highest BCUT2D eigenvalue weighted by atomic mass is 79.9. The van der Waals surface area contributed by atoms with Gasteiger partial charge in [-0.15, -0.1) is 0 Å². The van der Waals surface area contributed by atoms with Crippen molar-refractivity contribution in [3.63, 3.8) is 0 Å². The first-order valence-electron chi connectivity index (χ1n) is 5.66. The first-order valence-corrected chi connectivity index (χ1v) is 6.57. The summed E-state index contributed by atoms with van der Waals surface area (Å²) in [5, 5.41) is 0. The zero-order valence-electron chi connectivity index (χ0n) is 10.8. The van der Waals surface area contributed by atoms with E-state index in [1.54, 1.807) is 7.11 Å². The van der Waals surface area contributed by atoms with E-state index in [-0.39, 0.29) is 16.0 Å². The zero-order chi connectivity index (χ0) is 13.1. The highest BCUT2D eigenvalue weighted by Crippen LogP contribution is 2.23. The van der Waals surface area contributed by atoms with E-state index in [0.29, 0.717) is 6.42 Å². The number of ketones is 1. The molecule has 0 aliphatic carbocycles. The van der Waals surface area contributed by atoms with Crippen molar-refractivity contribution in [2.75, 3.05) is 7.11 Å². The van der Waals surface area contributed by atoms with Crippen LogP contribution >= 0.6 is 15.9 Å². The predicted molar refractivity (Wildman–Crippen MR) is 73.9 cm³/mol. The molecule has 0 fully saturated rings. The third-order valence-electron chi connectivity index (χ3n) is 2.60. The molecule has 0 saturated heterocycles. The minimum atomic E-state index is -0.305. The maximum atomic E-state index is 12.0. The highest BCUT2D eigenvalue weighted by Gasteiger charge is 2.27. The molecule has 0 aliphatic heterocycles. The van der Waals surface area contributed by atoms with E-state index in [0.717, 1.165) is 11.3 Å². The summed E-state index contributed by atoms with van der Waals surface area (Å²) in [6, 6.07) is 7.80. The average Bonchev–Trinajstić information content (AvgIpc) is 2.27. The number of ether oxygens (including phenoxy) is 1. The molecule has 0 N–H and O–H groups in total. The van der Waals surface area contributed by atoms with Crippen LogP contribution in [0.25, 0.3) is 0 Å². The summed E-state index contributed by atoms with van der Waals surface area (Å²) >= 11 is 3.47. The molecule has 17 heavy (non-hydrogen) atoms. The van der Waals surface area contributed by atoms with Crippen molar-refractivity contribution in [2.45, 2.75) is 32.0 Å². The number of halogens is 1. The van der Waals surface area contributed by atoms with Crippen LogP contribution in [0.4, 0.5) is 0 Å². The van der Waals surface area contributed by atoms with Crippen LogP contribution < -0.4 is 4.74 Å². The molecule has 0 aromatic heterocycles. The van der Waals surface area contributed by atoms with Gasteiger partial charge in [0.25, 0.3) is 0 Å². The summed E-state index contributed by atoms with van der Waals surface area (Å²) in [6.07, 6.45) is 0.708. The lowest BCUT2D eigenvalue weighted by Gasteiger charge is -2.20. The largest absolute Gasteiger partial charge is 0.497 e. The zero-order valence-corrected chi connectivity index (χ0v) is 12.4. The fraction of sp³-hybridized carbons (Fsp3) is 0.500. The standard InChI is InChI=1S/C14H19BrO2/c1-14(2,3)13(16)12(15)9-10-5-7-11(17-4)8-6-10/h5-8,12H,9H2,1-4H3. The Hall–Kier alpha value is -0.830. The smallest absolute Gasteiger partial charge is 0.152 e. The van der Waals surface area contributed by atoms with Gasteiger partial charge in [-0.05, 0) is 24.1 Å². The number of rotatable bonds is 4. The molecule has 94 valence electrons. The molecular formula is C14H19BrO2. The summed E-state index contributed by atoms with van der Waals surface area (Å²) in [7, 11) is 1.64. The number of Topliss-reactive ketones (excluding diaryl/α,β-unsaturated/α-hetero) is 1. The van der Waals surface area contributed by atoms with E-state index in [1.807, 2.05) is 45.0 Å². The van der Waals surface area contributed by atoms with Gasteiger partial charge in [0.15, 0.2) is 5.78 Å².